The molecule has 0 bridgehead atoms. The van der Waals surface area contributed by atoms with Crippen molar-refractivity contribution in [2.45, 2.75) is 70.6 Å². The standard InChI is InChI=1S/C15H30N2O/c1-13-11-15(12-14(2)18-13)16-7-10-17-8-5-3-4-6-9-17/h13-16H,3-12H2,1-2H3. The van der Waals surface area contributed by atoms with Gasteiger partial charge in [-0.1, -0.05) is 12.8 Å². The summed E-state index contributed by atoms with van der Waals surface area (Å²) < 4.78 is 5.78. The third-order valence-electron chi connectivity index (χ3n) is 4.26. The van der Waals surface area contributed by atoms with Gasteiger partial charge in [-0.3, -0.25) is 0 Å². The van der Waals surface area contributed by atoms with Crippen LogP contribution >= 0.6 is 0 Å². The molecule has 2 fully saturated rings. The van der Waals surface area contributed by atoms with E-state index in [1.165, 1.54) is 58.2 Å². The Morgan fingerprint density at radius 1 is 1.00 bits per heavy atom. The summed E-state index contributed by atoms with van der Waals surface area (Å²) in [5.74, 6) is 0. The highest BCUT2D eigenvalue weighted by molar-refractivity contribution is 4.79. The van der Waals surface area contributed by atoms with Crippen molar-refractivity contribution < 1.29 is 4.74 Å². The maximum Gasteiger partial charge on any atom is 0.0565 e. The van der Waals surface area contributed by atoms with Gasteiger partial charge in [0.05, 0.1) is 12.2 Å². The lowest BCUT2D eigenvalue weighted by Crippen LogP contribution is -2.44. The molecule has 0 radical (unpaired) electrons. The molecule has 18 heavy (non-hydrogen) atoms. The number of rotatable bonds is 4. The van der Waals surface area contributed by atoms with E-state index in [-0.39, 0.29) is 0 Å². The Morgan fingerprint density at radius 3 is 2.22 bits per heavy atom. The molecule has 2 unspecified atom stereocenters. The van der Waals surface area contributed by atoms with E-state index in [4.69, 9.17) is 4.74 Å². The summed E-state index contributed by atoms with van der Waals surface area (Å²) in [5.41, 5.74) is 0. The Balaban J connectivity index is 1.62. The summed E-state index contributed by atoms with van der Waals surface area (Å²) >= 11 is 0. The average molecular weight is 254 g/mol. The first kappa shape index (κ1) is 14.3. The van der Waals surface area contributed by atoms with Crippen LogP contribution < -0.4 is 5.32 Å². The minimum absolute atomic E-state index is 0.421. The van der Waals surface area contributed by atoms with Crippen LogP contribution in [-0.4, -0.2) is 49.3 Å². The van der Waals surface area contributed by atoms with E-state index in [1.54, 1.807) is 0 Å². The Hall–Kier alpha value is -0.120. The van der Waals surface area contributed by atoms with Gasteiger partial charge in [0, 0.05) is 19.1 Å². The topological polar surface area (TPSA) is 24.5 Å². The van der Waals surface area contributed by atoms with E-state index >= 15 is 0 Å². The van der Waals surface area contributed by atoms with Crippen molar-refractivity contribution in [2.75, 3.05) is 26.2 Å². The fraction of sp³-hybridized carbons (Fsp3) is 1.00. The quantitative estimate of drug-likeness (QED) is 0.834. The summed E-state index contributed by atoms with van der Waals surface area (Å²) in [6.07, 6.45) is 8.83. The first-order valence-electron chi connectivity index (χ1n) is 7.85. The maximum atomic E-state index is 5.78. The van der Waals surface area contributed by atoms with Gasteiger partial charge in [-0.25, -0.2) is 0 Å². The second-order valence-corrected chi connectivity index (χ2v) is 6.14. The van der Waals surface area contributed by atoms with Gasteiger partial charge in [0.15, 0.2) is 0 Å². The normalized spacial score (nSPS) is 35.3. The molecule has 1 N–H and O–H groups in total. The molecule has 2 heterocycles. The van der Waals surface area contributed by atoms with E-state index in [9.17, 15) is 0 Å². The number of likely N-dealkylation sites (tertiary alicyclic amines) is 1. The Kier molecular flexibility index (Phi) is 5.93. The van der Waals surface area contributed by atoms with Gasteiger partial charge in [-0.15, -0.1) is 0 Å². The average Bonchev–Trinajstić information content (AvgIpc) is 2.56. The fourth-order valence-electron chi connectivity index (χ4n) is 3.36. The molecule has 0 aromatic heterocycles. The van der Waals surface area contributed by atoms with E-state index in [0.717, 1.165) is 6.54 Å². The lowest BCUT2D eigenvalue weighted by molar-refractivity contribution is -0.0421. The summed E-state index contributed by atoms with van der Waals surface area (Å²) in [5, 5.41) is 3.73. The predicted octanol–water partition coefficient (Wildman–Crippen LogP) is 2.41. The van der Waals surface area contributed by atoms with Crippen molar-refractivity contribution in [1.29, 1.82) is 0 Å². The highest BCUT2D eigenvalue weighted by Crippen LogP contribution is 2.18. The molecule has 0 aliphatic carbocycles. The number of hydrogen-bond donors (Lipinski definition) is 1. The smallest absolute Gasteiger partial charge is 0.0565 e. The van der Waals surface area contributed by atoms with Crippen LogP contribution in [0.3, 0.4) is 0 Å². The number of nitrogens with zero attached hydrogens (tertiary/aromatic N) is 1. The summed E-state index contributed by atoms with van der Waals surface area (Å²) in [4.78, 5) is 2.63. The van der Waals surface area contributed by atoms with Crippen LogP contribution in [0.2, 0.25) is 0 Å². The van der Waals surface area contributed by atoms with Gasteiger partial charge in [-0.05, 0) is 52.6 Å². The van der Waals surface area contributed by atoms with E-state index in [1.807, 2.05) is 0 Å². The molecule has 2 saturated heterocycles. The molecule has 2 atom stereocenters. The number of hydrogen-bond acceptors (Lipinski definition) is 3. The molecule has 0 spiro atoms. The molecule has 0 saturated carbocycles. The summed E-state index contributed by atoms with van der Waals surface area (Å²) in [6.45, 7) is 9.37. The Morgan fingerprint density at radius 2 is 1.61 bits per heavy atom. The van der Waals surface area contributed by atoms with Gasteiger partial charge in [0.25, 0.3) is 0 Å². The molecule has 3 nitrogen and oxygen atoms in total. The van der Waals surface area contributed by atoms with E-state index in [2.05, 4.69) is 24.1 Å². The van der Waals surface area contributed by atoms with Crippen LogP contribution in [0.4, 0.5) is 0 Å². The van der Waals surface area contributed by atoms with Crippen molar-refractivity contribution in [3.05, 3.63) is 0 Å². The van der Waals surface area contributed by atoms with E-state index < -0.39 is 0 Å². The van der Waals surface area contributed by atoms with Crippen LogP contribution in [0, 0.1) is 0 Å². The summed E-state index contributed by atoms with van der Waals surface area (Å²) in [6, 6.07) is 0.663. The molecule has 0 amide bonds. The zero-order valence-corrected chi connectivity index (χ0v) is 12.2. The maximum absolute atomic E-state index is 5.78. The lowest BCUT2D eigenvalue weighted by atomic mass is 10.00. The van der Waals surface area contributed by atoms with Crippen molar-refractivity contribution >= 4 is 0 Å². The van der Waals surface area contributed by atoms with Crippen LogP contribution in [0.5, 0.6) is 0 Å². The molecule has 2 aliphatic rings. The highest BCUT2D eigenvalue weighted by Gasteiger charge is 2.23. The third-order valence-corrected chi connectivity index (χ3v) is 4.26. The van der Waals surface area contributed by atoms with Gasteiger partial charge >= 0.3 is 0 Å². The molecule has 2 aliphatic heterocycles. The van der Waals surface area contributed by atoms with Crippen molar-refractivity contribution in [2.24, 2.45) is 0 Å². The summed E-state index contributed by atoms with van der Waals surface area (Å²) in [7, 11) is 0. The second kappa shape index (κ2) is 7.46. The molecule has 0 aromatic rings. The molecule has 0 aromatic carbocycles. The molecular weight excluding hydrogens is 224 g/mol. The number of nitrogens with one attached hydrogen (secondary N) is 1. The SMILES string of the molecule is CC1CC(NCCN2CCCCCC2)CC(C)O1. The molecular formula is C15H30N2O. The number of ether oxygens (including phenoxy) is 1. The van der Waals surface area contributed by atoms with Gasteiger partial charge in [-0.2, -0.15) is 0 Å². The van der Waals surface area contributed by atoms with Crippen LogP contribution in [0.15, 0.2) is 0 Å². The highest BCUT2D eigenvalue weighted by atomic mass is 16.5. The Bertz CT molecular complexity index is 217. The second-order valence-electron chi connectivity index (χ2n) is 6.14. The van der Waals surface area contributed by atoms with Gasteiger partial charge in [0.2, 0.25) is 0 Å². The van der Waals surface area contributed by atoms with Crippen molar-refractivity contribution in [1.82, 2.24) is 10.2 Å². The lowest BCUT2D eigenvalue weighted by Gasteiger charge is -2.33. The molecule has 106 valence electrons. The Labute approximate surface area is 112 Å². The molecule has 3 heteroatoms. The zero-order chi connectivity index (χ0) is 12.8. The monoisotopic (exact) mass is 254 g/mol. The van der Waals surface area contributed by atoms with Crippen molar-refractivity contribution in [3.63, 3.8) is 0 Å². The minimum Gasteiger partial charge on any atom is -0.375 e. The van der Waals surface area contributed by atoms with E-state index in [0.29, 0.717) is 18.2 Å². The van der Waals surface area contributed by atoms with Crippen molar-refractivity contribution in [3.8, 4) is 0 Å². The van der Waals surface area contributed by atoms with Crippen LogP contribution in [0.1, 0.15) is 52.4 Å². The zero-order valence-electron chi connectivity index (χ0n) is 12.2. The van der Waals surface area contributed by atoms with Gasteiger partial charge < -0.3 is 15.0 Å². The first-order chi connectivity index (χ1) is 8.74. The van der Waals surface area contributed by atoms with Gasteiger partial charge in [0.1, 0.15) is 0 Å². The predicted molar refractivity (Wildman–Crippen MR) is 75.9 cm³/mol. The molecule has 2 rings (SSSR count). The third kappa shape index (κ3) is 4.87. The van der Waals surface area contributed by atoms with Crippen LogP contribution in [-0.2, 0) is 4.74 Å². The largest absolute Gasteiger partial charge is 0.375 e. The first-order valence-corrected chi connectivity index (χ1v) is 7.85. The van der Waals surface area contributed by atoms with Crippen LogP contribution in [0.25, 0.3) is 0 Å². The minimum atomic E-state index is 0.421. The fourth-order valence-corrected chi connectivity index (χ4v) is 3.36.